The summed E-state index contributed by atoms with van der Waals surface area (Å²) in [5, 5.41) is 3.39. The van der Waals surface area contributed by atoms with E-state index in [-0.39, 0.29) is 12.4 Å². The number of piperazine rings is 1. The number of nitrogens with one attached hydrogen (secondary N) is 1. The molecule has 2 saturated heterocycles. The van der Waals surface area contributed by atoms with E-state index in [1.807, 2.05) is 6.07 Å². The van der Waals surface area contributed by atoms with Crippen LogP contribution in [0.15, 0.2) is 35.2 Å². The molecular formula is C16H26ClN3O2S. The van der Waals surface area contributed by atoms with Crippen LogP contribution in [0.2, 0.25) is 0 Å². The largest absolute Gasteiger partial charge is 0.317 e. The Morgan fingerprint density at radius 1 is 1.00 bits per heavy atom. The van der Waals surface area contributed by atoms with Gasteiger partial charge in [0.15, 0.2) is 0 Å². The van der Waals surface area contributed by atoms with Crippen molar-refractivity contribution in [2.24, 2.45) is 5.92 Å². The maximum atomic E-state index is 12.6. The lowest BCUT2D eigenvalue weighted by Crippen LogP contribution is -2.50. The summed E-state index contributed by atoms with van der Waals surface area (Å²) in [6, 6.07) is 8.75. The van der Waals surface area contributed by atoms with Gasteiger partial charge in [0.25, 0.3) is 0 Å². The standard InChI is InChI=1S/C16H25N3O2S.ClH/c20-22(21,16-4-2-1-3-5-16)19-12-10-18(11-13-19)14-15-6-8-17-9-7-15;/h1-5,15,17H,6-14H2;1H. The smallest absolute Gasteiger partial charge is 0.243 e. The first-order chi connectivity index (χ1) is 10.7. The molecule has 7 heteroatoms. The van der Waals surface area contributed by atoms with Crippen molar-refractivity contribution in [1.82, 2.24) is 14.5 Å². The molecule has 2 aliphatic heterocycles. The molecule has 0 atom stereocenters. The summed E-state index contributed by atoms with van der Waals surface area (Å²) in [4.78, 5) is 2.83. The van der Waals surface area contributed by atoms with E-state index < -0.39 is 10.0 Å². The molecule has 0 radical (unpaired) electrons. The van der Waals surface area contributed by atoms with Crippen LogP contribution in [0.1, 0.15) is 12.8 Å². The topological polar surface area (TPSA) is 52.7 Å². The highest BCUT2D eigenvalue weighted by Crippen LogP contribution is 2.19. The molecule has 0 bridgehead atoms. The van der Waals surface area contributed by atoms with Gasteiger partial charge in [0.05, 0.1) is 4.90 Å². The van der Waals surface area contributed by atoms with Gasteiger partial charge in [-0.25, -0.2) is 8.42 Å². The summed E-state index contributed by atoms with van der Waals surface area (Å²) in [5.74, 6) is 0.763. The first-order valence-corrected chi connectivity index (χ1v) is 9.58. The van der Waals surface area contributed by atoms with Crippen molar-refractivity contribution >= 4 is 22.4 Å². The summed E-state index contributed by atoms with van der Waals surface area (Å²) in [6.07, 6.45) is 2.48. The predicted octanol–water partition coefficient (Wildman–Crippen LogP) is 1.41. The summed E-state index contributed by atoms with van der Waals surface area (Å²) < 4.78 is 26.8. The lowest BCUT2D eigenvalue weighted by molar-refractivity contribution is 0.152. The SMILES string of the molecule is Cl.O=S(=O)(c1ccccc1)N1CCN(CC2CCNCC2)CC1. The van der Waals surface area contributed by atoms with Crippen LogP contribution in [-0.2, 0) is 10.0 Å². The fourth-order valence-corrected chi connectivity index (χ4v) is 4.77. The normalized spacial score (nSPS) is 21.7. The molecule has 1 N–H and O–H groups in total. The van der Waals surface area contributed by atoms with Crippen LogP contribution in [0.25, 0.3) is 0 Å². The van der Waals surface area contributed by atoms with Gasteiger partial charge in [0.1, 0.15) is 0 Å². The molecule has 2 fully saturated rings. The number of hydrogen-bond donors (Lipinski definition) is 1. The van der Waals surface area contributed by atoms with Crippen molar-refractivity contribution in [2.75, 3.05) is 45.8 Å². The zero-order chi connectivity index (χ0) is 15.4. The zero-order valence-corrected chi connectivity index (χ0v) is 15.0. The maximum Gasteiger partial charge on any atom is 0.243 e. The van der Waals surface area contributed by atoms with Crippen molar-refractivity contribution in [3.63, 3.8) is 0 Å². The van der Waals surface area contributed by atoms with E-state index in [0.717, 1.165) is 38.6 Å². The van der Waals surface area contributed by atoms with Crippen LogP contribution in [-0.4, -0.2) is 63.4 Å². The number of hydrogen-bond acceptors (Lipinski definition) is 4. The zero-order valence-electron chi connectivity index (χ0n) is 13.4. The summed E-state index contributed by atoms with van der Waals surface area (Å²) >= 11 is 0. The van der Waals surface area contributed by atoms with Crippen LogP contribution in [0.4, 0.5) is 0 Å². The van der Waals surface area contributed by atoms with Gasteiger partial charge >= 0.3 is 0 Å². The molecule has 0 aromatic heterocycles. The van der Waals surface area contributed by atoms with E-state index >= 15 is 0 Å². The molecule has 0 spiro atoms. The molecule has 0 unspecified atom stereocenters. The first kappa shape index (κ1) is 18.7. The molecule has 1 aromatic carbocycles. The van der Waals surface area contributed by atoms with Crippen molar-refractivity contribution in [3.8, 4) is 0 Å². The van der Waals surface area contributed by atoms with Crippen LogP contribution in [0.3, 0.4) is 0 Å². The Morgan fingerprint density at radius 2 is 1.61 bits per heavy atom. The number of benzene rings is 1. The minimum Gasteiger partial charge on any atom is -0.317 e. The van der Waals surface area contributed by atoms with Gasteiger partial charge in [-0.2, -0.15) is 4.31 Å². The van der Waals surface area contributed by atoms with Gasteiger partial charge < -0.3 is 10.2 Å². The van der Waals surface area contributed by atoms with Gasteiger partial charge in [-0.15, -0.1) is 12.4 Å². The summed E-state index contributed by atoms with van der Waals surface area (Å²) in [5.41, 5.74) is 0. The quantitative estimate of drug-likeness (QED) is 0.883. The molecule has 0 aliphatic carbocycles. The Bertz CT molecular complexity index is 568. The highest BCUT2D eigenvalue weighted by atomic mass is 35.5. The number of nitrogens with zero attached hydrogens (tertiary/aromatic N) is 2. The average Bonchev–Trinajstić information content (AvgIpc) is 2.57. The van der Waals surface area contributed by atoms with Gasteiger partial charge in [-0.3, -0.25) is 0 Å². The molecule has 0 amide bonds. The van der Waals surface area contributed by atoms with Crippen LogP contribution < -0.4 is 5.32 Å². The molecule has 1 aromatic rings. The second-order valence-corrected chi connectivity index (χ2v) is 8.15. The number of rotatable bonds is 4. The summed E-state index contributed by atoms with van der Waals surface area (Å²) in [7, 11) is -3.32. The Labute approximate surface area is 145 Å². The monoisotopic (exact) mass is 359 g/mol. The van der Waals surface area contributed by atoms with Gasteiger partial charge in [0.2, 0.25) is 10.0 Å². The Morgan fingerprint density at radius 3 is 2.22 bits per heavy atom. The summed E-state index contributed by atoms with van der Waals surface area (Å²) in [6.45, 7) is 6.23. The van der Waals surface area contributed by atoms with E-state index in [4.69, 9.17) is 0 Å². The number of sulfonamides is 1. The third-order valence-electron chi connectivity index (χ3n) is 4.69. The molecule has 23 heavy (non-hydrogen) atoms. The Hall–Kier alpha value is -0.660. The highest BCUT2D eigenvalue weighted by molar-refractivity contribution is 7.89. The predicted molar refractivity (Wildman–Crippen MR) is 94.5 cm³/mol. The Kier molecular flexibility index (Phi) is 6.85. The van der Waals surface area contributed by atoms with Crippen LogP contribution in [0.5, 0.6) is 0 Å². The minimum atomic E-state index is -3.32. The van der Waals surface area contributed by atoms with E-state index in [9.17, 15) is 8.42 Å². The molecule has 5 nitrogen and oxygen atoms in total. The van der Waals surface area contributed by atoms with Crippen molar-refractivity contribution in [1.29, 1.82) is 0 Å². The lowest BCUT2D eigenvalue weighted by atomic mass is 9.97. The fourth-order valence-electron chi connectivity index (χ4n) is 3.32. The fraction of sp³-hybridized carbons (Fsp3) is 0.625. The molecule has 2 aliphatic rings. The van der Waals surface area contributed by atoms with Gasteiger partial charge in [-0.05, 0) is 44.0 Å². The highest BCUT2D eigenvalue weighted by Gasteiger charge is 2.29. The molecule has 0 saturated carbocycles. The van der Waals surface area contributed by atoms with Crippen molar-refractivity contribution in [2.45, 2.75) is 17.7 Å². The lowest BCUT2D eigenvalue weighted by Gasteiger charge is -2.36. The first-order valence-electron chi connectivity index (χ1n) is 8.14. The van der Waals surface area contributed by atoms with E-state index in [1.54, 1.807) is 28.6 Å². The number of piperidine rings is 1. The second-order valence-electron chi connectivity index (χ2n) is 6.21. The van der Waals surface area contributed by atoms with E-state index in [2.05, 4.69) is 10.2 Å². The second kappa shape index (κ2) is 8.44. The molecule has 2 heterocycles. The van der Waals surface area contributed by atoms with E-state index in [1.165, 1.54) is 12.8 Å². The van der Waals surface area contributed by atoms with Crippen molar-refractivity contribution in [3.05, 3.63) is 30.3 Å². The third kappa shape index (κ3) is 4.67. The van der Waals surface area contributed by atoms with Crippen LogP contribution in [0, 0.1) is 5.92 Å². The van der Waals surface area contributed by atoms with Crippen LogP contribution >= 0.6 is 12.4 Å². The van der Waals surface area contributed by atoms with Crippen molar-refractivity contribution < 1.29 is 8.42 Å². The maximum absolute atomic E-state index is 12.6. The minimum absolute atomic E-state index is 0. The third-order valence-corrected chi connectivity index (χ3v) is 6.60. The molecular weight excluding hydrogens is 334 g/mol. The van der Waals surface area contributed by atoms with E-state index in [0.29, 0.717) is 18.0 Å². The Balaban J connectivity index is 0.00000192. The molecule has 3 rings (SSSR count). The number of halogens is 1. The molecule has 130 valence electrons. The van der Waals surface area contributed by atoms with Gasteiger partial charge in [-0.1, -0.05) is 18.2 Å². The average molecular weight is 360 g/mol. The van der Waals surface area contributed by atoms with Gasteiger partial charge in [0, 0.05) is 32.7 Å².